The van der Waals surface area contributed by atoms with Crippen LogP contribution < -0.4 is 5.32 Å². The van der Waals surface area contributed by atoms with E-state index in [1.165, 1.54) is 0 Å². The zero-order chi connectivity index (χ0) is 14.1. The second-order valence-corrected chi connectivity index (χ2v) is 4.53. The Kier molecular flexibility index (Phi) is 7.20. The van der Waals surface area contributed by atoms with Gasteiger partial charge in [0, 0.05) is 25.7 Å². The van der Waals surface area contributed by atoms with Crippen LogP contribution in [0.15, 0.2) is 0 Å². The van der Waals surface area contributed by atoms with Gasteiger partial charge in [0.05, 0.1) is 6.61 Å². The number of hydrogen-bond donors (Lipinski definition) is 3. The van der Waals surface area contributed by atoms with E-state index in [9.17, 15) is 9.59 Å². The molecular formula is C12H22N2O5. The van der Waals surface area contributed by atoms with Crippen LogP contribution in [-0.2, 0) is 9.53 Å². The van der Waals surface area contributed by atoms with Crippen LogP contribution in [0.25, 0.3) is 0 Å². The smallest absolute Gasteiger partial charge is 0.329 e. The summed E-state index contributed by atoms with van der Waals surface area (Å²) in [7, 11) is 0. The van der Waals surface area contributed by atoms with Crippen LogP contribution in [0.5, 0.6) is 0 Å². The van der Waals surface area contributed by atoms with Crippen LogP contribution in [0.2, 0.25) is 0 Å². The van der Waals surface area contributed by atoms with E-state index in [0.717, 1.165) is 19.3 Å². The summed E-state index contributed by atoms with van der Waals surface area (Å²) in [6.07, 6.45) is 3.58. The number of carbonyl (C=O) groups excluding carboxylic acids is 1. The number of carboxylic acid groups (broad SMARTS) is 1. The largest absolute Gasteiger partial charge is 0.480 e. The van der Waals surface area contributed by atoms with E-state index in [-0.39, 0.29) is 38.4 Å². The maximum absolute atomic E-state index is 11.9. The van der Waals surface area contributed by atoms with Gasteiger partial charge >= 0.3 is 12.0 Å². The Hall–Kier alpha value is -1.34. The summed E-state index contributed by atoms with van der Waals surface area (Å²) >= 11 is 0. The van der Waals surface area contributed by atoms with Crippen molar-refractivity contribution in [3.8, 4) is 0 Å². The molecule has 1 aliphatic rings. The van der Waals surface area contributed by atoms with Gasteiger partial charge in [-0.25, -0.2) is 9.59 Å². The highest BCUT2D eigenvalue weighted by Gasteiger charge is 2.25. The predicted octanol–water partition coefficient (Wildman–Crippen LogP) is 0.0341. The Bertz CT molecular complexity index is 296. The number of piperidine rings is 1. The van der Waals surface area contributed by atoms with Crippen molar-refractivity contribution in [2.24, 2.45) is 0 Å². The monoisotopic (exact) mass is 274 g/mol. The number of likely N-dealkylation sites (tertiary alicyclic amines) is 1. The van der Waals surface area contributed by atoms with E-state index < -0.39 is 5.97 Å². The summed E-state index contributed by atoms with van der Waals surface area (Å²) in [5, 5.41) is 20.1. The Morgan fingerprint density at radius 3 is 2.84 bits per heavy atom. The lowest BCUT2D eigenvalue weighted by molar-refractivity contribution is -0.142. The Balaban J connectivity index is 2.24. The molecule has 0 radical (unpaired) electrons. The Morgan fingerprint density at radius 2 is 2.16 bits per heavy atom. The molecule has 2 amide bonds. The second-order valence-electron chi connectivity index (χ2n) is 4.53. The summed E-state index contributed by atoms with van der Waals surface area (Å²) in [5.74, 6) is -1.02. The molecule has 1 saturated heterocycles. The Labute approximate surface area is 112 Å². The van der Waals surface area contributed by atoms with Crippen LogP contribution in [0.1, 0.15) is 25.7 Å². The minimum absolute atomic E-state index is 0.0795. The number of nitrogens with zero attached hydrogens (tertiary/aromatic N) is 1. The molecule has 1 unspecified atom stereocenters. The van der Waals surface area contributed by atoms with Crippen molar-refractivity contribution in [2.75, 3.05) is 32.9 Å². The van der Waals surface area contributed by atoms with E-state index in [4.69, 9.17) is 14.9 Å². The van der Waals surface area contributed by atoms with E-state index in [0.29, 0.717) is 13.0 Å². The quantitative estimate of drug-likeness (QED) is 0.569. The first-order valence-electron chi connectivity index (χ1n) is 6.60. The number of aliphatic hydroxyl groups excluding tert-OH is 1. The predicted molar refractivity (Wildman–Crippen MR) is 67.9 cm³/mol. The van der Waals surface area contributed by atoms with E-state index >= 15 is 0 Å². The fraction of sp³-hybridized carbons (Fsp3) is 0.833. The highest BCUT2D eigenvalue weighted by atomic mass is 16.5. The number of carbonyl (C=O) groups is 2. The summed E-state index contributed by atoms with van der Waals surface area (Å²) < 4.78 is 4.83. The number of aliphatic carboxylic acids is 1. The maximum atomic E-state index is 11.9. The molecule has 1 atom stereocenters. The van der Waals surface area contributed by atoms with Gasteiger partial charge in [-0.15, -0.1) is 0 Å². The highest BCUT2D eigenvalue weighted by Crippen LogP contribution is 2.19. The van der Waals surface area contributed by atoms with Crippen molar-refractivity contribution in [2.45, 2.75) is 31.7 Å². The van der Waals surface area contributed by atoms with Gasteiger partial charge in [-0.2, -0.15) is 0 Å². The van der Waals surface area contributed by atoms with E-state index in [2.05, 4.69) is 5.32 Å². The minimum atomic E-state index is -1.02. The molecule has 0 aliphatic carbocycles. The van der Waals surface area contributed by atoms with Gasteiger partial charge in [-0.1, -0.05) is 0 Å². The standard InChI is InChI=1S/C12H22N2O5/c15-7-4-10-3-1-2-6-14(10)12(18)13-5-8-19-9-11(16)17/h10,15H,1-9H2,(H,13,18)(H,16,17). The van der Waals surface area contributed by atoms with Gasteiger partial charge in [0.25, 0.3) is 0 Å². The van der Waals surface area contributed by atoms with Gasteiger partial charge in [-0.05, 0) is 25.7 Å². The lowest BCUT2D eigenvalue weighted by Crippen LogP contribution is -2.49. The SMILES string of the molecule is O=C(O)COCCNC(=O)N1CCCCC1CCO. The van der Waals surface area contributed by atoms with Crippen LogP contribution in [0, 0.1) is 0 Å². The van der Waals surface area contributed by atoms with Crippen molar-refractivity contribution in [1.29, 1.82) is 0 Å². The first kappa shape index (κ1) is 15.7. The number of carboxylic acids is 1. The molecule has 0 bridgehead atoms. The summed E-state index contributed by atoms with van der Waals surface area (Å²) in [4.78, 5) is 23.9. The molecular weight excluding hydrogens is 252 g/mol. The van der Waals surface area contributed by atoms with Crippen molar-refractivity contribution >= 4 is 12.0 Å². The molecule has 110 valence electrons. The lowest BCUT2D eigenvalue weighted by Gasteiger charge is -2.35. The number of rotatable bonds is 7. The normalized spacial score (nSPS) is 19.2. The first-order chi connectivity index (χ1) is 9.15. The van der Waals surface area contributed by atoms with E-state index in [1.807, 2.05) is 0 Å². The molecule has 7 nitrogen and oxygen atoms in total. The average Bonchev–Trinajstić information content (AvgIpc) is 2.39. The number of ether oxygens (including phenoxy) is 1. The zero-order valence-electron chi connectivity index (χ0n) is 11.0. The van der Waals surface area contributed by atoms with Crippen molar-refractivity contribution in [3.63, 3.8) is 0 Å². The molecule has 3 N–H and O–H groups in total. The lowest BCUT2D eigenvalue weighted by atomic mass is 10.0. The van der Waals surface area contributed by atoms with Gasteiger partial charge in [0.15, 0.2) is 0 Å². The molecule has 7 heteroatoms. The van der Waals surface area contributed by atoms with Crippen LogP contribution >= 0.6 is 0 Å². The minimum Gasteiger partial charge on any atom is -0.480 e. The number of amides is 2. The molecule has 1 rings (SSSR count). The third kappa shape index (κ3) is 5.89. The van der Waals surface area contributed by atoms with Crippen molar-refractivity contribution in [1.82, 2.24) is 10.2 Å². The molecule has 0 aromatic rings. The number of urea groups is 1. The Morgan fingerprint density at radius 1 is 1.37 bits per heavy atom. The molecule has 1 fully saturated rings. The third-order valence-electron chi connectivity index (χ3n) is 3.10. The topological polar surface area (TPSA) is 99.1 Å². The van der Waals surface area contributed by atoms with Gasteiger partial charge in [-0.3, -0.25) is 0 Å². The van der Waals surface area contributed by atoms with Crippen molar-refractivity contribution < 1.29 is 24.5 Å². The molecule has 0 aromatic heterocycles. The first-order valence-corrected chi connectivity index (χ1v) is 6.60. The summed E-state index contributed by atoms with van der Waals surface area (Å²) in [5.41, 5.74) is 0. The summed E-state index contributed by atoms with van der Waals surface area (Å²) in [6, 6.07) is -0.0734. The molecule has 19 heavy (non-hydrogen) atoms. The molecule has 1 aliphatic heterocycles. The fourth-order valence-electron chi connectivity index (χ4n) is 2.21. The van der Waals surface area contributed by atoms with Crippen LogP contribution in [0.4, 0.5) is 4.79 Å². The molecule has 0 spiro atoms. The van der Waals surface area contributed by atoms with E-state index in [1.54, 1.807) is 4.90 Å². The average molecular weight is 274 g/mol. The maximum Gasteiger partial charge on any atom is 0.329 e. The zero-order valence-corrected chi connectivity index (χ0v) is 11.0. The summed E-state index contributed by atoms with van der Waals surface area (Å²) in [6.45, 7) is 0.889. The third-order valence-corrected chi connectivity index (χ3v) is 3.10. The van der Waals surface area contributed by atoms with Crippen molar-refractivity contribution in [3.05, 3.63) is 0 Å². The second kappa shape index (κ2) is 8.71. The number of hydrogen-bond acceptors (Lipinski definition) is 4. The number of nitrogens with one attached hydrogen (secondary N) is 1. The fourth-order valence-corrected chi connectivity index (χ4v) is 2.21. The number of aliphatic hydroxyl groups is 1. The molecule has 0 aromatic carbocycles. The van der Waals surface area contributed by atoms with Gasteiger partial charge < -0.3 is 25.2 Å². The molecule has 1 heterocycles. The van der Waals surface area contributed by atoms with Gasteiger partial charge in [0.1, 0.15) is 6.61 Å². The van der Waals surface area contributed by atoms with Crippen LogP contribution in [-0.4, -0.2) is 66.1 Å². The van der Waals surface area contributed by atoms with Crippen LogP contribution in [0.3, 0.4) is 0 Å². The highest BCUT2D eigenvalue weighted by molar-refractivity contribution is 5.74. The van der Waals surface area contributed by atoms with Gasteiger partial charge in [0.2, 0.25) is 0 Å². The molecule has 0 saturated carbocycles.